The number of hydrogen-bond acceptors (Lipinski definition) is 3. The molecule has 0 unspecified atom stereocenters. The fourth-order valence-electron chi connectivity index (χ4n) is 4.16. The Labute approximate surface area is 190 Å². The first kappa shape index (κ1) is 22.2. The van der Waals surface area contributed by atoms with Gasteiger partial charge >= 0.3 is 0 Å². The third kappa shape index (κ3) is 5.26. The van der Waals surface area contributed by atoms with Crippen LogP contribution in [0.4, 0.5) is 0 Å². The van der Waals surface area contributed by atoms with Crippen LogP contribution in [0, 0.1) is 5.92 Å². The van der Waals surface area contributed by atoms with Crippen molar-refractivity contribution in [2.75, 3.05) is 13.1 Å². The van der Waals surface area contributed by atoms with Crippen LogP contribution in [0.15, 0.2) is 95.9 Å². The number of sulfonamides is 1. The first-order chi connectivity index (χ1) is 15.5. The number of carbonyl (C=O) groups excluding carboxylic acids is 1. The molecule has 1 heterocycles. The van der Waals surface area contributed by atoms with Gasteiger partial charge in [-0.15, -0.1) is 0 Å². The second-order valence-electron chi connectivity index (χ2n) is 8.16. The van der Waals surface area contributed by atoms with E-state index in [2.05, 4.69) is 0 Å². The fraction of sp³-hybridized carbons (Fsp3) is 0.269. The monoisotopic (exact) mass is 448 g/mol. The number of amides is 1. The van der Waals surface area contributed by atoms with Crippen molar-refractivity contribution in [1.82, 2.24) is 9.21 Å². The van der Waals surface area contributed by atoms with Crippen LogP contribution in [0.5, 0.6) is 0 Å². The lowest BCUT2D eigenvalue weighted by atomic mass is 9.96. The maximum atomic E-state index is 13.5. The average molecular weight is 449 g/mol. The molecule has 32 heavy (non-hydrogen) atoms. The van der Waals surface area contributed by atoms with E-state index in [0.717, 1.165) is 11.1 Å². The highest BCUT2D eigenvalue weighted by molar-refractivity contribution is 7.89. The number of piperidine rings is 1. The van der Waals surface area contributed by atoms with Crippen LogP contribution >= 0.6 is 0 Å². The molecular formula is C26H28N2O3S. The van der Waals surface area contributed by atoms with Gasteiger partial charge in [-0.25, -0.2) is 8.42 Å². The first-order valence-electron chi connectivity index (χ1n) is 11.0. The smallest absolute Gasteiger partial charge is 0.243 e. The summed E-state index contributed by atoms with van der Waals surface area (Å²) in [6.07, 6.45) is 1.07. The Hall–Kier alpha value is -2.96. The Morgan fingerprint density at radius 2 is 1.19 bits per heavy atom. The molecule has 0 aliphatic carbocycles. The largest absolute Gasteiger partial charge is 0.334 e. The molecule has 0 bridgehead atoms. The molecule has 1 fully saturated rings. The van der Waals surface area contributed by atoms with Crippen LogP contribution in [0.2, 0.25) is 0 Å². The normalized spacial score (nSPS) is 15.4. The lowest BCUT2D eigenvalue weighted by Crippen LogP contribution is -2.44. The minimum Gasteiger partial charge on any atom is -0.334 e. The van der Waals surface area contributed by atoms with E-state index in [4.69, 9.17) is 0 Å². The molecule has 1 amide bonds. The molecule has 0 N–H and O–H groups in total. The maximum absolute atomic E-state index is 13.5. The molecule has 0 saturated carbocycles. The molecule has 0 radical (unpaired) electrons. The Morgan fingerprint density at radius 3 is 1.66 bits per heavy atom. The van der Waals surface area contributed by atoms with Crippen LogP contribution in [-0.4, -0.2) is 36.6 Å². The number of nitrogens with zero attached hydrogens (tertiary/aromatic N) is 2. The van der Waals surface area contributed by atoms with E-state index in [-0.39, 0.29) is 11.8 Å². The van der Waals surface area contributed by atoms with Gasteiger partial charge in [0.25, 0.3) is 0 Å². The van der Waals surface area contributed by atoms with E-state index >= 15 is 0 Å². The summed E-state index contributed by atoms with van der Waals surface area (Å²) in [7, 11) is -3.52. The highest BCUT2D eigenvalue weighted by atomic mass is 32.2. The third-order valence-electron chi connectivity index (χ3n) is 5.93. The minimum absolute atomic E-state index is 0.0921. The highest BCUT2D eigenvalue weighted by Crippen LogP contribution is 2.26. The SMILES string of the molecule is O=C(C1CCN(S(=O)(=O)c2ccccc2)CC1)N(Cc1ccccc1)Cc1ccccc1. The molecule has 166 valence electrons. The molecule has 6 heteroatoms. The quantitative estimate of drug-likeness (QED) is 0.541. The van der Waals surface area contributed by atoms with Gasteiger partial charge in [0.2, 0.25) is 15.9 Å². The molecular weight excluding hydrogens is 420 g/mol. The van der Waals surface area contributed by atoms with Crippen molar-refractivity contribution in [3.63, 3.8) is 0 Å². The van der Waals surface area contributed by atoms with Crippen molar-refractivity contribution < 1.29 is 13.2 Å². The zero-order valence-corrected chi connectivity index (χ0v) is 18.8. The van der Waals surface area contributed by atoms with Gasteiger partial charge in [-0.2, -0.15) is 4.31 Å². The second-order valence-corrected chi connectivity index (χ2v) is 10.1. The van der Waals surface area contributed by atoms with E-state index in [1.54, 1.807) is 30.3 Å². The van der Waals surface area contributed by atoms with Gasteiger partial charge < -0.3 is 4.90 Å². The first-order valence-corrected chi connectivity index (χ1v) is 12.4. The van der Waals surface area contributed by atoms with Crippen molar-refractivity contribution in [1.29, 1.82) is 0 Å². The van der Waals surface area contributed by atoms with Gasteiger partial charge in [0.15, 0.2) is 0 Å². The molecule has 1 saturated heterocycles. The van der Waals surface area contributed by atoms with E-state index in [1.807, 2.05) is 65.6 Å². The summed E-state index contributed by atoms with van der Waals surface area (Å²) in [5.74, 6) is -0.0842. The number of rotatable bonds is 7. The van der Waals surface area contributed by atoms with Crippen LogP contribution in [-0.2, 0) is 27.9 Å². The Kier molecular flexibility index (Phi) is 7.02. The van der Waals surface area contributed by atoms with E-state index in [9.17, 15) is 13.2 Å². The predicted octanol–water partition coefficient (Wildman–Crippen LogP) is 4.32. The number of hydrogen-bond donors (Lipinski definition) is 0. The van der Waals surface area contributed by atoms with Crippen molar-refractivity contribution in [3.8, 4) is 0 Å². The lowest BCUT2D eigenvalue weighted by Gasteiger charge is -2.34. The van der Waals surface area contributed by atoms with Crippen molar-refractivity contribution in [2.24, 2.45) is 5.92 Å². The Morgan fingerprint density at radius 1 is 0.750 bits per heavy atom. The topological polar surface area (TPSA) is 57.7 Å². The average Bonchev–Trinajstić information content (AvgIpc) is 2.85. The molecule has 1 aliphatic heterocycles. The molecule has 0 aromatic heterocycles. The van der Waals surface area contributed by atoms with Crippen molar-refractivity contribution in [2.45, 2.75) is 30.8 Å². The standard InChI is InChI=1S/C26H28N2O3S/c29-26(24-16-18-28(19-17-24)32(30,31)25-14-8-3-9-15-25)27(20-22-10-4-1-5-11-22)21-23-12-6-2-7-13-23/h1-15,24H,16-21H2. The summed E-state index contributed by atoms with van der Waals surface area (Å²) in [4.78, 5) is 15.7. The molecule has 0 spiro atoms. The molecule has 5 nitrogen and oxygen atoms in total. The molecule has 3 aromatic rings. The third-order valence-corrected chi connectivity index (χ3v) is 7.84. The summed E-state index contributed by atoms with van der Waals surface area (Å²) in [6.45, 7) is 1.80. The van der Waals surface area contributed by atoms with Crippen LogP contribution < -0.4 is 0 Å². The van der Waals surface area contributed by atoms with E-state index in [0.29, 0.717) is 43.9 Å². The van der Waals surface area contributed by atoms with Gasteiger partial charge in [0.05, 0.1) is 4.90 Å². The summed E-state index contributed by atoms with van der Waals surface area (Å²) < 4.78 is 27.3. The van der Waals surface area contributed by atoms with Crippen LogP contribution in [0.1, 0.15) is 24.0 Å². The summed E-state index contributed by atoms with van der Waals surface area (Å²) in [6, 6.07) is 28.5. The highest BCUT2D eigenvalue weighted by Gasteiger charge is 2.33. The zero-order valence-electron chi connectivity index (χ0n) is 18.0. The maximum Gasteiger partial charge on any atom is 0.243 e. The second kappa shape index (κ2) is 10.1. The van der Waals surface area contributed by atoms with Gasteiger partial charge in [0.1, 0.15) is 0 Å². The molecule has 1 aliphatic rings. The summed E-state index contributed by atoms with van der Waals surface area (Å²) in [5, 5.41) is 0. The fourth-order valence-corrected chi connectivity index (χ4v) is 5.65. The van der Waals surface area contributed by atoms with E-state index < -0.39 is 10.0 Å². The molecule has 0 atom stereocenters. The van der Waals surface area contributed by atoms with Crippen molar-refractivity contribution >= 4 is 15.9 Å². The van der Waals surface area contributed by atoms with E-state index in [1.165, 1.54) is 4.31 Å². The summed E-state index contributed by atoms with van der Waals surface area (Å²) in [5.41, 5.74) is 2.17. The Bertz CT molecular complexity index is 1070. The summed E-state index contributed by atoms with van der Waals surface area (Å²) >= 11 is 0. The number of benzene rings is 3. The lowest BCUT2D eigenvalue weighted by molar-refractivity contribution is -0.138. The zero-order chi connectivity index (χ0) is 22.4. The predicted molar refractivity (Wildman–Crippen MR) is 125 cm³/mol. The minimum atomic E-state index is -3.52. The molecule has 4 rings (SSSR count). The van der Waals surface area contributed by atoms with Crippen LogP contribution in [0.25, 0.3) is 0 Å². The van der Waals surface area contributed by atoms with Gasteiger partial charge in [-0.05, 0) is 36.1 Å². The van der Waals surface area contributed by atoms with Crippen molar-refractivity contribution in [3.05, 3.63) is 102 Å². The van der Waals surface area contributed by atoms with Gasteiger partial charge in [-0.3, -0.25) is 4.79 Å². The van der Waals surface area contributed by atoms with Gasteiger partial charge in [0, 0.05) is 32.1 Å². The molecule has 3 aromatic carbocycles. The Balaban J connectivity index is 1.46. The van der Waals surface area contributed by atoms with Crippen LogP contribution in [0.3, 0.4) is 0 Å². The number of carbonyl (C=O) groups is 1. The van der Waals surface area contributed by atoms with Gasteiger partial charge in [-0.1, -0.05) is 78.9 Å².